The third-order valence-electron chi connectivity index (χ3n) is 2.81. The first-order valence-corrected chi connectivity index (χ1v) is 7.65. The molecule has 3 N–H and O–H groups in total. The molecule has 6 heteroatoms. The van der Waals surface area contributed by atoms with Gasteiger partial charge in [-0.2, -0.15) is 0 Å². The molecule has 0 heterocycles. The second kappa shape index (κ2) is 6.54. The molecule has 1 rings (SSSR count). The molecule has 0 aliphatic heterocycles. The minimum Gasteiger partial charge on any atom is -0.330 e. The summed E-state index contributed by atoms with van der Waals surface area (Å²) in [5.41, 5.74) is 5.28. The van der Waals surface area contributed by atoms with E-state index in [1.165, 1.54) is 12.8 Å². The van der Waals surface area contributed by atoms with Crippen molar-refractivity contribution in [3.8, 4) is 0 Å². The van der Waals surface area contributed by atoms with Crippen molar-refractivity contribution in [2.24, 2.45) is 5.73 Å². The van der Waals surface area contributed by atoms with E-state index in [0.717, 1.165) is 13.1 Å². The SMILES string of the molecule is CCN(CCNS(=O)(=O)CCCN)C1CC1. The Kier molecular flexibility index (Phi) is 5.68. The third kappa shape index (κ3) is 5.25. The van der Waals surface area contributed by atoms with Gasteiger partial charge in [-0.1, -0.05) is 6.92 Å². The Balaban J connectivity index is 2.17. The third-order valence-corrected chi connectivity index (χ3v) is 4.28. The highest BCUT2D eigenvalue weighted by molar-refractivity contribution is 7.89. The lowest BCUT2D eigenvalue weighted by Crippen LogP contribution is -2.37. The van der Waals surface area contributed by atoms with Gasteiger partial charge in [0.2, 0.25) is 10.0 Å². The molecule has 0 amide bonds. The van der Waals surface area contributed by atoms with E-state index in [1.807, 2.05) is 0 Å². The van der Waals surface area contributed by atoms with Gasteiger partial charge in [-0.25, -0.2) is 13.1 Å². The highest BCUT2D eigenvalue weighted by Crippen LogP contribution is 2.25. The van der Waals surface area contributed by atoms with E-state index in [2.05, 4.69) is 16.5 Å². The predicted octanol–water partition coefficient (Wildman–Crippen LogP) is -0.261. The van der Waals surface area contributed by atoms with E-state index in [4.69, 9.17) is 5.73 Å². The number of nitrogens with two attached hydrogens (primary N) is 1. The molecule has 1 saturated carbocycles. The van der Waals surface area contributed by atoms with E-state index in [-0.39, 0.29) is 5.75 Å². The molecule has 5 nitrogen and oxygen atoms in total. The van der Waals surface area contributed by atoms with Crippen LogP contribution in [0.2, 0.25) is 0 Å². The first kappa shape index (κ1) is 13.9. The summed E-state index contributed by atoms with van der Waals surface area (Å²) < 4.78 is 25.5. The van der Waals surface area contributed by atoms with E-state index in [0.29, 0.717) is 25.6 Å². The Morgan fingerprint density at radius 1 is 1.44 bits per heavy atom. The average Bonchev–Trinajstić information content (AvgIpc) is 3.05. The van der Waals surface area contributed by atoms with Crippen LogP contribution in [0.4, 0.5) is 0 Å². The maximum atomic E-state index is 11.5. The smallest absolute Gasteiger partial charge is 0.211 e. The number of hydrogen-bond donors (Lipinski definition) is 2. The van der Waals surface area contributed by atoms with Gasteiger partial charge in [-0.15, -0.1) is 0 Å². The fraction of sp³-hybridized carbons (Fsp3) is 1.00. The van der Waals surface area contributed by atoms with Crippen molar-refractivity contribution >= 4 is 10.0 Å². The standard InChI is InChI=1S/C10H23N3O2S/c1-2-13(10-4-5-10)8-7-12-16(14,15)9-3-6-11/h10,12H,2-9,11H2,1H3. The van der Waals surface area contributed by atoms with E-state index < -0.39 is 10.0 Å². The summed E-state index contributed by atoms with van der Waals surface area (Å²) in [7, 11) is -3.11. The molecular weight excluding hydrogens is 226 g/mol. The highest BCUT2D eigenvalue weighted by atomic mass is 32.2. The van der Waals surface area contributed by atoms with Gasteiger partial charge < -0.3 is 5.73 Å². The van der Waals surface area contributed by atoms with Crippen LogP contribution in [0.1, 0.15) is 26.2 Å². The van der Waals surface area contributed by atoms with Crippen molar-refractivity contribution in [1.82, 2.24) is 9.62 Å². The van der Waals surface area contributed by atoms with E-state index in [9.17, 15) is 8.42 Å². The zero-order valence-electron chi connectivity index (χ0n) is 9.98. The number of rotatable bonds is 9. The van der Waals surface area contributed by atoms with Crippen LogP contribution in [0.15, 0.2) is 0 Å². The molecule has 0 spiro atoms. The molecule has 0 bridgehead atoms. The molecule has 96 valence electrons. The summed E-state index contributed by atoms with van der Waals surface area (Å²) in [5.74, 6) is 0.138. The van der Waals surface area contributed by atoms with Crippen molar-refractivity contribution in [3.63, 3.8) is 0 Å². The van der Waals surface area contributed by atoms with Crippen molar-refractivity contribution < 1.29 is 8.42 Å². The molecule has 1 aliphatic rings. The molecule has 1 aliphatic carbocycles. The van der Waals surface area contributed by atoms with Crippen LogP contribution in [0.5, 0.6) is 0 Å². The Morgan fingerprint density at radius 2 is 2.12 bits per heavy atom. The number of sulfonamides is 1. The summed E-state index contributed by atoms with van der Waals surface area (Å²) in [6.07, 6.45) is 3.04. The fourth-order valence-corrected chi connectivity index (χ4v) is 2.82. The first-order valence-electron chi connectivity index (χ1n) is 6.00. The highest BCUT2D eigenvalue weighted by Gasteiger charge is 2.27. The summed E-state index contributed by atoms with van der Waals surface area (Å²) in [6, 6.07) is 0.693. The normalized spacial score (nSPS) is 16.9. The second-order valence-corrected chi connectivity index (χ2v) is 6.14. The predicted molar refractivity (Wildman–Crippen MR) is 65.7 cm³/mol. The Morgan fingerprint density at radius 3 is 2.62 bits per heavy atom. The van der Waals surface area contributed by atoms with Crippen molar-refractivity contribution in [1.29, 1.82) is 0 Å². The van der Waals surface area contributed by atoms with Gasteiger partial charge in [0.05, 0.1) is 5.75 Å². The van der Waals surface area contributed by atoms with Crippen LogP contribution in [0.3, 0.4) is 0 Å². The van der Waals surface area contributed by atoms with Gasteiger partial charge in [0.15, 0.2) is 0 Å². The number of nitrogens with zero attached hydrogens (tertiary/aromatic N) is 1. The van der Waals surface area contributed by atoms with Gasteiger partial charge in [-0.3, -0.25) is 4.90 Å². The molecule has 0 radical (unpaired) electrons. The van der Waals surface area contributed by atoms with Gasteiger partial charge in [0.25, 0.3) is 0 Å². The van der Waals surface area contributed by atoms with Crippen LogP contribution < -0.4 is 10.5 Å². The molecule has 0 aromatic rings. The molecule has 0 unspecified atom stereocenters. The van der Waals surface area contributed by atoms with Gasteiger partial charge in [0, 0.05) is 19.1 Å². The summed E-state index contributed by atoms with van der Waals surface area (Å²) in [4.78, 5) is 2.32. The number of hydrogen-bond acceptors (Lipinski definition) is 4. The van der Waals surface area contributed by atoms with Crippen LogP contribution in [0.25, 0.3) is 0 Å². The minimum atomic E-state index is -3.11. The van der Waals surface area contributed by atoms with Crippen LogP contribution in [-0.4, -0.2) is 51.3 Å². The lowest BCUT2D eigenvalue weighted by Gasteiger charge is -2.19. The van der Waals surface area contributed by atoms with E-state index >= 15 is 0 Å². The Bertz CT molecular complexity index is 288. The lowest BCUT2D eigenvalue weighted by atomic mass is 10.4. The Hall–Kier alpha value is -0.170. The fourth-order valence-electron chi connectivity index (χ4n) is 1.73. The zero-order chi connectivity index (χ0) is 12.0. The topological polar surface area (TPSA) is 75.4 Å². The first-order chi connectivity index (χ1) is 7.59. The number of nitrogens with one attached hydrogen (secondary N) is 1. The van der Waals surface area contributed by atoms with Gasteiger partial charge >= 0.3 is 0 Å². The van der Waals surface area contributed by atoms with Crippen LogP contribution in [0, 0.1) is 0 Å². The molecule has 0 aromatic heterocycles. The summed E-state index contributed by atoms with van der Waals surface area (Å²) >= 11 is 0. The van der Waals surface area contributed by atoms with Crippen molar-refractivity contribution in [2.75, 3.05) is 31.9 Å². The van der Waals surface area contributed by atoms with Crippen molar-refractivity contribution in [2.45, 2.75) is 32.2 Å². The summed E-state index contributed by atoms with van der Waals surface area (Å²) in [6.45, 7) is 4.85. The molecule has 16 heavy (non-hydrogen) atoms. The van der Waals surface area contributed by atoms with Gasteiger partial charge in [-0.05, 0) is 32.4 Å². The summed E-state index contributed by atoms with van der Waals surface area (Å²) in [5, 5.41) is 0. The van der Waals surface area contributed by atoms with E-state index in [1.54, 1.807) is 0 Å². The maximum Gasteiger partial charge on any atom is 0.211 e. The monoisotopic (exact) mass is 249 g/mol. The maximum absolute atomic E-state index is 11.5. The minimum absolute atomic E-state index is 0.138. The van der Waals surface area contributed by atoms with Crippen LogP contribution in [-0.2, 0) is 10.0 Å². The largest absolute Gasteiger partial charge is 0.330 e. The number of likely N-dealkylation sites (N-methyl/N-ethyl adjacent to an activating group) is 1. The molecule has 0 saturated heterocycles. The van der Waals surface area contributed by atoms with Crippen molar-refractivity contribution in [3.05, 3.63) is 0 Å². The van der Waals surface area contributed by atoms with Crippen LogP contribution >= 0.6 is 0 Å². The molecular formula is C10H23N3O2S. The second-order valence-electron chi connectivity index (χ2n) is 4.22. The molecule has 1 fully saturated rings. The lowest BCUT2D eigenvalue weighted by molar-refractivity contribution is 0.282. The zero-order valence-corrected chi connectivity index (χ0v) is 10.8. The molecule has 0 atom stereocenters. The quantitative estimate of drug-likeness (QED) is 0.590. The molecule has 0 aromatic carbocycles. The van der Waals surface area contributed by atoms with Gasteiger partial charge in [0.1, 0.15) is 0 Å². The Labute approximate surface area is 98.4 Å². The average molecular weight is 249 g/mol.